The molecule has 0 unspecified atom stereocenters. The van der Waals surface area contributed by atoms with Gasteiger partial charge >= 0.3 is 5.97 Å². The molecule has 0 bridgehead atoms. The number of carbonyl (C=O) groups excluding carboxylic acids is 2. The Morgan fingerprint density at radius 2 is 2.33 bits per heavy atom. The van der Waals surface area contributed by atoms with Gasteiger partial charge in [0.15, 0.2) is 0 Å². The van der Waals surface area contributed by atoms with E-state index in [1.165, 1.54) is 0 Å². The SMILES string of the molecule is C=C(CN1CCCC1=O)C(=O)OCCO. The topological polar surface area (TPSA) is 66.8 Å². The summed E-state index contributed by atoms with van der Waals surface area (Å²) in [6.07, 6.45) is 1.37. The van der Waals surface area contributed by atoms with Crippen molar-refractivity contribution in [3.63, 3.8) is 0 Å². The van der Waals surface area contributed by atoms with E-state index in [1.807, 2.05) is 0 Å². The molecule has 0 aromatic heterocycles. The van der Waals surface area contributed by atoms with Gasteiger partial charge in [-0.2, -0.15) is 0 Å². The molecule has 1 rings (SSSR count). The van der Waals surface area contributed by atoms with Crippen molar-refractivity contribution in [2.45, 2.75) is 12.8 Å². The van der Waals surface area contributed by atoms with Crippen LogP contribution in [0.5, 0.6) is 0 Å². The minimum absolute atomic E-state index is 0.0359. The predicted molar refractivity (Wildman–Crippen MR) is 53.0 cm³/mol. The van der Waals surface area contributed by atoms with Gasteiger partial charge in [-0.05, 0) is 6.42 Å². The molecule has 84 valence electrons. The van der Waals surface area contributed by atoms with Crippen LogP contribution in [-0.2, 0) is 14.3 Å². The number of hydrogen-bond acceptors (Lipinski definition) is 4. The van der Waals surface area contributed by atoms with Gasteiger partial charge in [-0.1, -0.05) is 6.58 Å². The van der Waals surface area contributed by atoms with Crippen LogP contribution >= 0.6 is 0 Å². The normalized spacial score (nSPS) is 15.5. The molecule has 1 saturated heterocycles. The number of rotatable bonds is 5. The fourth-order valence-electron chi connectivity index (χ4n) is 1.41. The largest absolute Gasteiger partial charge is 0.460 e. The minimum Gasteiger partial charge on any atom is -0.460 e. The zero-order valence-electron chi connectivity index (χ0n) is 8.57. The Hall–Kier alpha value is -1.36. The van der Waals surface area contributed by atoms with Gasteiger partial charge in [0.1, 0.15) is 6.61 Å². The molecule has 15 heavy (non-hydrogen) atoms. The summed E-state index contributed by atoms with van der Waals surface area (Å²) in [7, 11) is 0. The van der Waals surface area contributed by atoms with E-state index in [-0.39, 0.29) is 31.2 Å². The van der Waals surface area contributed by atoms with Crippen LogP contribution in [0.15, 0.2) is 12.2 Å². The highest BCUT2D eigenvalue weighted by molar-refractivity contribution is 5.89. The lowest BCUT2D eigenvalue weighted by atomic mass is 10.3. The van der Waals surface area contributed by atoms with E-state index in [9.17, 15) is 9.59 Å². The number of nitrogens with zero attached hydrogens (tertiary/aromatic N) is 1. The van der Waals surface area contributed by atoms with Gasteiger partial charge in [-0.15, -0.1) is 0 Å². The molecule has 1 amide bonds. The lowest BCUT2D eigenvalue weighted by Crippen LogP contribution is -2.29. The number of likely N-dealkylation sites (tertiary alicyclic amines) is 1. The van der Waals surface area contributed by atoms with E-state index in [0.717, 1.165) is 6.42 Å². The van der Waals surface area contributed by atoms with Crippen molar-refractivity contribution in [3.8, 4) is 0 Å². The maximum atomic E-state index is 11.2. The molecule has 1 aliphatic rings. The number of aliphatic hydroxyl groups excluding tert-OH is 1. The molecule has 0 aromatic rings. The van der Waals surface area contributed by atoms with E-state index in [1.54, 1.807) is 4.90 Å². The zero-order chi connectivity index (χ0) is 11.3. The first kappa shape index (κ1) is 11.7. The van der Waals surface area contributed by atoms with Gasteiger partial charge in [-0.3, -0.25) is 4.79 Å². The quantitative estimate of drug-likeness (QED) is 0.503. The predicted octanol–water partition coefficient (Wildman–Crippen LogP) is -0.300. The Morgan fingerprint density at radius 1 is 1.60 bits per heavy atom. The van der Waals surface area contributed by atoms with Crippen molar-refractivity contribution < 1.29 is 19.4 Å². The summed E-state index contributed by atoms with van der Waals surface area (Å²) in [5.41, 5.74) is 0.249. The zero-order valence-corrected chi connectivity index (χ0v) is 8.57. The van der Waals surface area contributed by atoms with Crippen LogP contribution in [0.25, 0.3) is 0 Å². The average Bonchev–Trinajstić information content (AvgIpc) is 2.61. The first-order chi connectivity index (χ1) is 7.15. The van der Waals surface area contributed by atoms with E-state index in [2.05, 4.69) is 11.3 Å². The number of hydrogen-bond donors (Lipinski definition) is 1. The Balaban J connectivity index is 2.34. The third-order valence-corrected chi connectivity index (χ3v) is 2.17. The third-order valence-electron chi connectivity index (χ3n) is 2.17. The summed E-state index contributed by atoms with van der Waals surface area (Å²) >= 11 is 0. The van der Waals surface area contributed by atoms with Gasteiger partial charge in [0.05, 0.1) is 13.2 Å². The highest BCUT2D eigenvalue weighted by atomic mass is 16.5. The first-order valence-electron chi connectivity index (χ1n) is 4.88. The van der Waals surface area contributed by atoms with Crippen molar-refractivity contribution in [2.75, 3.05) is 26.3 Å². The summed E-state index contributed by atoms with van der Waals surface area (Å²) in [4.78, 5) is 24.1. The lowest BCUT2D eigenvalue weighted by Gasteiger charge is -2.16. The van der Waals surface area contributed by atoms with Gasteiger partial charge in [0.2, 0.25) is 5.91 Å². The van der Waals surface area contributed by atoms with E-state index >= 15 is 0 Å². The Kier molecular flexibility index (Phi) is 4.30. The highest BCUT2D eigenvalue weighted by Gasteiger charge is 2.22. The van der Waals surface area contributed by atoms with E-state index in [4.69, 9.17) is 5.11 Å². The number of amides is 1. The van der Waals surface area contributed by atoms with Crippen LogP contribution in [0.1, 0.15) is 12.8 Å². The van der Waals surface area contributed by atoms with Crippen LogP contribution in [0.2, 0.25) is 0 Å². The summed E-state index contributed by atoms with van der Waals surface area (Å²) in [6, 6.07) is 0. The average molecular weight is 213 g/mol. The van der Waals surface area contributed by atoms with Crippen LogP contribution < -0.4 is 0 Å². The lowest BCUT2D eigenvalue weighted by molar-refractivity contribution is -0.140. The summed E-state index contributed by atoms with van der Waals surface area (Å²) in [5.74, 6) is -0.505. The number of esters is 1. The van der Waals surface area contributed by atoms with Gasteiger partial charge in [0.25, 0.3) is 0 Å². The molecule has 0 radical (unpaired) electrons. The Morgan fingerprint density at radius 3 is 2.87 bits per heavy atom. The molecule has 0 atom stereocenters. The second kappa shape index (κ2) is 5.50. The fraction of sp³-hybridized carbons (Fsp3) is 0.600. The van der Waals surface area contributed by atoms with Gasteiger partial charge < -0.3 is 14.7 Å². The summed E-state index contributed by atoms with van der Waals surface area (Å²) in [6.45, 7) is 4.21. The van der Waals surface area contributed by atoms with Crippen molar-refractivity contribution in [1.82, 2.24) is 4.90 Å². The Labute approximate surface area is 88.3 Å². The summed E-state index contributed by atoms with van der Waals surface area (Å²) in [5, 5.41) is 8.45. The fourth-order valence-corrected chi connectivity index (χ4v) is 1.41. The second-order valence-electron chi connectivity index (χ2n) is 3.38. The standard InChI is InChI=1S/C10H15NO4/c1-8(10(14)15-6-5-12)7-11-4-2-3-9(11)13/h12H,1-7H2. The van der Waals surface area contributed by atoms with Crippen molar-refractivity contribution >= 4 is 11.9 Å². The maximum Gasteiger partial charge on any atom is 0.335 e. The number of carbonyl (C=O) groups is 2. The van der Waals surface area contributed by atoms with Crippen molar-refractivity contribution in [1.29, 1.82) is 0 Å². The van der Waals surface area contributed by atoms with E-state index in [0.29, 0.717) is 13.0 Å². The molecule has 1 N–H and O–H groups in total. The Bertz CT molecular complexity index is 275. The number of ether oxygens (including phenoxy) is 1. The maximum absolute atomic E-state index is 11.2. The highest BCUT2D eigenvalue weighted by Crippen LogP contribution is 2.11. The molecule has 5 nitrogen and oxygen atoms in total. The molecule has 0 spiro atoms. The van der Waals surface area contributed by atoms with Crippen molar-refractivity contribution in [2.24, 2.45) is 0 Å². The second-order valence-corrected chi connectivity index (χ2v) is 3.38. The van der Waals surface area contributed by atoms with Crippen LogP contribution in [0.4, 0.5) is 0 Å². The van der Waals surface area contributed by atoms with Crippen LogP contribution in [0.3, 0.4) is 0 Å². The molecular formula is C10H15NO4. The van der Waals surface area contributed by atoms with Gasteiger partial charge in [-0.25, -0.2) is 4.79 Å². The third kappa shape index (κ3) is 3.36. The van der Waals surface area contributed by atoms with Gasteiger partial charge in [0, 0.05) is 18.5 Å². The molecule has 1 fully saturated rings. The van der Waals surface area contributed by atoms with Crippen LogP contribution in [-0.4, -0.2) is 48.2 Å². The smallest absolute Gasteiger partial charge is 0.335 e. The summed E-state index contributed by atoms with van der Waals surface area (Å²) < 4.78 is 4.67. The monoisotopic (exact) mass is 213 g/mol. The molecule has 1 aliphatic heterocycles. The minimum atomic E-state index is -0.552. The van der Waals surface area contributed by atoms with E-state index < -0.39 is 5.97 Å². The van der Waals surface area contributed by atoms with Crippen molar-refractivity contribution in [3.05, 3.63) is 12.2 Å². The molecule has 0 saturated carbocycles. The molecule has 5 heteroatoms. The molecule has 0 aliphatic carbocycles. The molecular weight excluding hydrogens is 198 g/mol. The van der Waals surface area contributed by atoms with Crippen LogP contribution in [0, 0.1) is 0 Å². The molecule has 0 aromatic carbocycles. The first-order valence-corrected chi connectivity index (χ1v) is 4.88. The molecule has 1 heterocycles. The number of aliphatic hydroxyl groups is 1.